The van der Waals surface area contributed by atoms with Gasteiger partial charge >= 0.3 is 0 Å². The van der Waals surface area contributed by atoms with Crippen molar-refractivity contribution in [3.8, 4) is 17.2 Å². The van der Waals surface area contributed by atoms with Crippen LogP contribution >= 0.6 is 0 Å². The van der Waals surface area contributed by atoms with Crippen LogP contribution in [0.5, 0.6) is 17.2 Å². The summed E-state index contributed by atoms with van der Waals surface area (Å²) in [5.74, 6) is 1.41. The zero-order valence-electron chi connectivity index (χ0n) is 26.3. The van der Waals surface area contributed by atoms with Crippen LogP contribution in [0, 0.1) is 6.92 Å². The van der Waals surface area contributed by atoms with Crippen LogP contribution in [0.25, 0.3) is 0 Å². The number of likely N-dealkylation sites (N-methyl/N-ethyl adjacent to an activating group) is 1. The van der Waals surface area contributed by atoms with Crippen LogP contribution in [0.4, 0.5) is 5.82 Å². The number of fused-ring (bicyclic) bond motifs is 7. The molecule has 2 aromatic carbocycles. The number of aromatic nitrogens is 2. The average molecular weight is 630 g/mol. The van der Waals surface area contributed by atoms with E-state index in [1.54, 1.807) is 37.6 Å². The minimum Gasteiger partial charge on any atom is -0.496 e. The number of methoxy groups -OCH3 is 1. The molecular weight excluding hydrogens is 590 g/mol. The van der Waals surface area contributed by atoms with Gasteiger partial charge in [0, 0.05) is 69.4 Å². The number of carbonyl (C=O) groups excluding carboxylic acids is 3. The molecule has 3 aromatic rings. The summed E-state index contributed by atoms with van der Waals surface area (Å²) in [6.45, 7) is 5.76. The summed E-state index contributed by atoms with van der Waals surface area (Å²) in [7, 11) is 3.61. The second-order valence-corrected chi connectivity index (χ2v) is 11.8. The predicted octanol–water partition coefficient (Wildman–Crippen LogP) is 1.65. The standard InChI is InChI=1S/C33H39N7O6/c1-21-4-5-22-14-28(21)45-20-31(41)35-16-23-6-7-24(15-29(23)44-3)46-27-8-9-40(19-26(27)37-32(22)42)30-18-34-17-25(36-30)33(43)39-12-10-38(2)11-13-39/h4-7,14-15,17-18,26-27H,8-13,16,19-20H2,1-3H3,(H,35,41)(H,37,42)/t26-,27+/m0/s1. The number of aryl methyl sites for hydroxylation is 1. The smallest absolute Gasteiger partial charge is 0.274 e. The highest BCUT2D eigenvalue weighted by atomic mass is 16.5. The highest BCUT2D eigenvalue weighted by Gasteiger charge is 2.34. The van der Waals surface area contributed by atoms with Crippen molar-refractivity contribution in [3.63, 3.8) is 0 Å². The normalized spacial score (nSPS) is 20.8. The van der Waals surface area contributed by atoms with E-state index in [4.69, 9.17) is 19.2 Å². The van der Waals surface area contributed by atoms with Gasteiger partial charge in [-0.1, -0.05) is 6.07 Å². The van der Waals surface area contributed by atoms with Crippen molar-refractivity contribution >= 4 is 23.5 Å². The molecule has 4 aliphatic rings. The molecule has 0 aliphatic carbocycles. The number of ether oxygens (including phenoxy) is 3. The Labute approximate surface area is 267 Å². The third kappa shape index (κ3) is 6.99. The Kier molecular flexibility index (Phi) is 9.20. The van der Waals surface area contributed by atoms with E-state index < -0.39 is 6.04 Å². The summed E-state index contributed by atoms with van der Waals surface area (Å²) in [6, 6.07) is 10.2. The van der Waals surface area contributed by atoms with Gasteiger partial charge in [0.05, 0.1) is 25.5 Å². The van der Waals surface area contributed by atoms with Gasteiger partial charge in [0.2, 0.25) is 0 Å². The number of nitrogens with zero attached hydrogens (tertiary/aromatic N) is 5. The van der Waals surface area contributed by atoms with Crippen molar-refractivity contribution in [2.45, 2.75) is 32.0 Å². The highest BCUT2D eigenvalue weighted by Crippen LogP contribution is 2.29. The maximum atomic E-state index is 13.6. The molecule has 2 atom stereocenters. The number of hydrogen-bond acceptors (Lipinski definition) is 10. The van der Waals surface area contributed by atoms with Gasteiger partial charge in [-0.25, -0.2) is 4.98 Å². The van der Waals surface area contributed by atoms with E-state index in [9.17, 15) is 14.4 Å². The molecule has 2 saturated heterocycles. The number of carbonyl (C=O) groups is 3. The highest BCUT2D eigenvalue weighted by molar-refractivity contribution is 5.95. The fraction of sp³-hybridized carbons (Fsp3) is 0.424. The number of rotatable bonds is 3. The molecule has 13 heteroatoms. The number of benzene rings is 2. The molecule has 4 aliphatic heterocycles. The second kappa shape index (κ2) is 13.6. The summed E-state index contributed by atoms with van der Waals surface area (Å²) in [5, 5.41) is 6.02. The lowest BCUT2D eigenvalue weighted by atomic mass is 10.0. The van der Waals surface area contributed by atoms with Gasteiger partial charge in [-0.2, -0.15) is 0 Å². The zero-order chi connectivity index (χ0) is 32.2. The first kappa shape index (κ1) is 31.1. The van der Waals surface area contributed by atoms with Crippen LogP contribution in [0.1, 0.15) is 38.4 Å². The molecule has 3 amide bonds. The average Bonchev–Trinajstić information content (AvgIpc) is 3.07. The van der Waals surface area contributed by atoms with Crippen LogP contribution in [0.3, 0.4) is 0 Å². The minimum atomic E-state index is -0.449. The van der Waals surface area contributed by atoms with Crippen molar-refractivity contribution in [1.29, 1.82) is 0 Å². The van der Waals surface area contributed by atoms with Crippen LogP contribution in [-0.2, 0) is 11.3 Å². The van der Waals surface area contributed by atoms with Crippen LogP contribution in [-0.4, -0.2) is 110 Å². The Morgan fingerprint density at radius 2 is 1.87 bits per heavy atom. The topological polar surface area (TPSA) is 138 Å². The Morgan fingerprint density at radius 1 is 1.04 bits per heavy atom. The van der Waals surface area contributed by atoms with Gasteiger partial charge < -0.3 is 39.5 Å². The van der Waals surface area contributed by atoms with Crippen LogP contribution in [0.2, 0.25) is 0 Å². The van der Waals surface area contributed by atoms with Crippen molar-refractivity contribution < 1.29 is 28.6 Å². The van der Waals surface area contributed by atoms with E-state index >= 15 is 0 Å². The Hall–Kier alpha value is -4.91. The minimum absolute atomic E-state index is 0.138. The van der Waals surface area contributed by atoms with Crippen molar-refractivity contribution in [2.24, 2.45) is 0 Å². The van der Waals surface area contributed by atoms with E-state index in [0.717, 1.165) is 24.2 Å². The second-order valence-electron chi connectivity index (χ2n) is 11.8. The molecular formula is C33H39N7O6. The first-order chi connectivity index (χ1) is 22.3. The molecule has 2 fully saturated rings. The Bertz CT molecular complexity index is 1610. The SMILES string of the molecule is COc1cc2ccc1CNC(=O)COc1cc(ccc1C)C(=O)N[C@H]1CN(c3cncc(C(=O)N4CCN(C)CC4)n3)CC[C@H]1O2. The molecule has 0 radical (unpaired) electrons. The predicted molar refractivity (Wildman–Crippen MR) is 169 cm³/mol. The van der Waals surface area contributed by atoms with Crippen molar-refractivity contribution in [3.05, 3.63) is 71.2 Å². The number of nitrogens with one attached hydrogen (secondary N) is 2. The maximum absolute atomic E-state index is 13.6. The first-order valence-electron chi connectivity index (χ1n) is 15.5. The van der Waals surface area contributed by atoms with Gasteiger partial charge in [-0.15, -0.1) is 0 Å². The summed E-state index contributed by atoms with van der Waals surface area (Å²) >= 11 is 0. The summed E-state index contributed by atoms with van der Waals surface area (Å²) < 4.78 is 17.9. The van der Waals surface area contributed by atoms with Crippen molar-refractivity contribution in [2.75, 3.05) is 64.9 Å². The molecule has 46 heavy (non-hydrogen) atoms. The summed E-state index contributed by atoms with van der Waals surface area (Å²) in [4.78, 5) is 54.5. The van der Waals surface area contributed by atoms with Crippen LogP contribution < -0.4 is 29.7 Å². The molecule has 4 bridgehead atoms. The molecule has 0 saturated carbocycles. The quantitative estimate of drug-likeness (QED) is 0.440. The van der Waals surface area contributed by atoms with E-state index in [-0.39, 0.29) is 37.0 Å². The summed E-state index contributed by atoms with van der Waals surface area (Å²) in [5.41, 5.74) is 2.28. The Balaban J connectivity index is 1.27. The lowest BCUT2D eigenvalue weighted by Crippen LogP contribution is -2.57. The summed E-state index contributed by atoms with van der Waals surface area (Å²) in [6.07, 6.45) is 3.33. The van der Waals surface area contributed by atoms with E-state index in [1.165, 1.54) is 6.20 Å². The third-order valence-corrected chi connectivity index (χ3v) is 8.65. The number of amides is 3. The number of piperazine rings is 1. The van der Waals surface area contributed by atoms with Gasteiger partial charge in [0.15, 0.2) is 6.61 Å². The van der Waals surface area contributed by atoms with Crippen LogP contribution in [0.15, 0.2) is 48.8 Å². The molecule has 13 nitrogen and oxygen atoms in total. The van der Waals surface area contributed by atoms with Crippen molar-refractivity contribution in [1.82, 2.24) is 30.4 Å². The first-order valence-corrected chi connectivity index (χ1v) is 15.5. The monoisotopic (exact) mass is 629 g/mol. The lowest BCUT2D eigenvalue weighted by molar-refractivity contribution is -0.123. The Morgan fingerprint density at radius 3 is 2.67 bits per heavy atom. The molecule has 5 heterocycles. The molecule has 0 spiro atoms. The fourth-order valence-electron chi connectivity index (χ4n) is 5.86. The van der Waals surface area contributed by atoms with Gasteiger partial charge in [-0.3, -0.25) is 19.4 Å². The molecule has 1 aromatic heterocycles. The number of anilines is 1. The number of hydrogen-bond donors (Lipinski definition) is 2. The lowest BCUT2D eigenvalue weighted by Gasteiger charge is -2.39. The molecule has 0 unspecified atom stereocenters. The molecule has 7 rings (SSSR count). The fourth-order valence-corrected chi connectivity index (χ4v) is 5.86. The largest absolute Gasteiger partial charge is 0.496 e. The van der Waals surface area contributed by atoms with Gasteiger partial charge in [0.25, 0.3) is 17.7 Å². The van der Waals surface area contributed by atoms with E-state index in [0.29, 0.717) is 66.9 Å². The number of piperidine rings is 1. The maximum Gasteiger partial charge on any atom is 0.274 e. The van der Waals surface area contributed by atoms with Gasteiger partial charge in [-0.05, 0) is 43.8 Å². The van der Waals surface area contributed by atoms with Gasteiger partial charge in [0.1, 0.15) is 34.9 Å². The molecule has 2 N–H and O–H groups in total. The zero-order valence-corrected chi connectivity index (χ0v) is 26.3. The van der Waals surface area contributed by atoms with E-state index in [2.05, 4.69) is 20.5 Å². The molecule has 242 valence electrons. The third-order valence-electron chi connectivity index (χ3n) is 8.65. The van der Waals surface area contributed by atoms with E-state index in [1.807, 2.05) is 35.9 Å².